The first-order valence-corrected chi connectivity index (χ1v) is 349. The Kier molecular flexibility index (Phi) is 99.6. The van der Waals surface area contributed by atoms with E-state index in [-0.39, 0.29) is 63.3 Å². The van der Waals surface area contributed by atoms with E-state index in [9.17, 15) is 14.4 Å². The molecule has 6 aliphatic rings. The monoisotopic (exact) mass is 7650 g/mol. The van der Waals surface area contributed by atoms with Crippen molar-refractivity contribution in [3.05, 3.63) is 193 Å². The summed E-state index contributed by atoms with van der Waals surface area (Å²) < 4.78 is 27.9. The van der Waals surface area contributed by atoms with Gasteiger partial charge in [0.2, 0.25) is 5.82 Å². The molecule has 10 heterocycles. The third kappa shape index (κ3) is 54.8. The number of nitrogens with one attached hydrogen (secondary N) is 2. The normalized spacial score (nSPS) is 19.6. The second kappa shape index (κ2) is 87.0. The van der Waals surface area contributed by atoms with Gasteiger partial charge in [-0.15, -0.1) is 11.6 Å². The number of nitrogens with zero attached hydrogens (tertiary/aromatic N) is 8. The summed E-state index contributed by atoms with van der Waals surface area (Å²) in [6, 6.07) is 45.4. The van der Waals surface area contributed by atoms with Crippen LogP contribution in [-0.2, 0) is 41.0 Å². The van der Waals surface area contributed by atoms with E-state index in [2.05, 4.69) is 535 Å². The average molecular weight is 7660 g/mol. The zero-order chi connectivity index (χ0) is 96.8. The summed E-state index contributed by atoms with van der Waals surface area (Å²) in [5.74, 6) is 2.67. The minimum absolute atomic E-state index is 0. The van der Waals surface area contributed by atoms with Crippen LogP contribution in [0.4, 0.5) is 11.4 Å². The van der Waals surface area contributed by atoms with Gasteiger partial charge in [0, 0.05) is 79.5 Å². The Balaban J connectivity index is 0.000000332. The number of fused-ring (bicyclic) bond motifs is 6. The Hall–Kier alpha value is 29.2. The predicted molar refractivity (Wildman–Crippen MR) is 1020 cm³/mol. The topological polar surface area (TPSA) is 210 Å². The van der Waals surface area contributed by atoms with Crippen LogP contribution in [0.1, 0.15) is 89.2 Å². The van der Waals surface area contributed by atoms with Crippen LogP contribution in [0, 0.1) is 11.8 Å². The maximum atomic E-state index is 13.6. The van der Waals surface area contributed by atoms with E-state index in [1.165, 1.54) is 6.92 Å². The Morgan fingerprint density at radius 2 is 0.763 bits per heavy atom. The smallest absolute Gasteiger partial charge is 0.333 e. The molecule has 71 heteroatoms. The Morgan fingerprint density at radius 3 is 1.06 bits per heavy atom. The van der Waals surface area contributed by atoms with Crippen molar-refractivity contribution in [2.75, 3.05) is 56.5 Å². The van der Waals surface area contributed by atoms with E-state index in [1.54, 1.807) is 43.8 Å². The molecule has 8 aromatic rings. The zero-order valence-corrected chi connectivity index (χ0v) is 177. The molecule has 18 nitrogen and oxygen atoms in total. The van der Waals surface area contributed by atoms with Gasteiger partial charge in [0.05, 0.1) is 25.6 Å². The second-order valence-electron chi connectivity index (χ2n) is 24.3. The number of pyridine rings is 2. The molecule has 4 atom stereocenters. The van der Waals surface area contributed by atoms with E-state index in [1.807, 2.05) is 133 Å². The van der Waals surface area contributed by atoms with Crippen molar-refractivity contribution in [1.29, 1.82) is 0 Å². The van der Waals surface area contributed by atoms with Crippen molar-refractivity contribution in [1.82, 2.24) is 35.1 Å². The number of hydrogen-bond donors (Lipinski definition) is 2. The van der Waals surface area contributed by atoms with Crippen LogP contribution in [0.15, 0.2) is 179 Å². The quantitative estimate of drug-likeness (QED) is 0.0120. The van der Waals surface area contributed by atoms with Gasteiger partial charge >= 0.3 is 705 Å². The fraction of sp³-hybridized carbons (Fsp3) is 0.359. The van der Waals surface area contributed by atoms with E-state index < -0.39 is 202 Å². The van der Waals surface area contributed by atoms with Crippen LogP contribution in [0.2, 0.25) is 0 Å². The number of piperidine rings is 6. The summed E-state index contributed by atoms with van der Waals surface area (Å²) in [6.07, 6.45) is 11.0. The zero-order valence-electron chi connectivity index (χ0n) is 65.2. The summed E-state index contributed by atoms with van der Waals surface area (Å²) in [5, 5.41) is 14.7. The average Bonchev–Trinajstić information content (AvgIpc) is 1.66. The number of esters is 3. The van der Waals surface area contributed by atoms with Crippen LogP contribution in [0.25, 0.3) is 22.9 Å². The second-order valence-corrected chi connectivity index (χ2v) is 1210. The van der Waals surface area contributed by atoms with Gasteiger partial charge in [-0.3, -0.25) is 19.7 Å². The first-order valence-electron chi connectivity index (χ1n) is 34.6. The number of ether oxygens (including phenoxy) is 3. The van der Waals surface area contributed by atoms with Gasteiger partial charge < -0.3 is 50.8 Å². The molecule has 802 valence electrons. The molecule has 6 saturated heterocycles. The van der Waals surface area contributed by atoms with Gasteiger partial charge in [0.25, 0.3) is 11.8 Å². The predicted octanol–water partition coefficient (Wildman–Crippen LogP) is 50.1. The number of quaternary nitrogens is 1. The number of hydrogen-bond acceptors (Lipinski definition) is 17. The van der Waals surface area contributed by atoms with Crippen molar-refractivity contribution in [2.24, 2.45) is 11.8 Å². The summed E-state index contributed by atoms with van der Waals surface area (Å²) in [6.45, 7) is 10.3. The summed E-state index contributed by atoms with van der Waals surface area (Å²) in [5.41, 5.74) is 5.32. The number of para-hydroxylation sites is 2. The largest absolute Gasteiger partial charge is 1.00 e. The Bertz CT molecular complexity index is 4670. The summed E-state index contributed by atoms with van der Waals surface area (Å²) in [7, 11) is -12.7. The van der Waals surface area contributed by atoms with Crippen molar-refractivity contribution in [2.45, 2.75) is 91.1 Å². The third-order valence-electron chi connectivity index (χ3n) is 16.7. The molecule has 0 aliphatic carbocycles. The van der Waals surface area contributed by atoms with Crippen LogP contribution in [-0.4, -0.2) is 116 Å². The van der Waals surface area contributed by atoms with Crippen LogP contribution in [0.3, 0.4) is 0 Å². The molecule has 6 fully saturated rings. The molecule has 0 amide bonds. The first-order chi connectivity index (χ1) is 62.9. The number of alkyl halides is 1. The number of anilines is 2. The summed E-state index contributed by atoms with van der Waals surface area (Å²) >= 11 is 91.4. The van der Waals surface area contributed by atoms with Gasteiger partial charge in [-0.25, -0.2) is 9.59 Å². The minimum atomic E-state index is -0.577. The van der Waals surface area contributed by atoms with Crippen molar-refractivity contribution in [3.63, 3.8) is 0 Å². The van der Waals surface area contributed by atoms with E-state index in [0.717, 1.165) is 103 Å². The van der Waals surface area contributed by atoms with E-state index in [0.29, 0.717) is 61.7 Å². The molecule has 14 rings (SSSR count). The standard InChI is InChI=1S/C29H30N5O3.C21H24N2O2.C8H6ClN3O.C4H8O2.2CH4.ClH.I51/c35-29(27(22-7-3-1-4-8-22)31-24-9-5-2-6-10-24)36-25-19-34(17-13-21(25)14-18-34)20-26-32-28(37-33-26)23-11-15-30-16-12-23;24-21(25-19-15-23-13-11-16(19)12-14-23)20(17-7-3-1-4-8-17)22-18-9-5-2-6-10-18;9-5-7-11-8(13-12-7)6-1-3-10-4-2-6;1-3-6-4(2)5;;;;1-27-29(4)31(6)33(8)35(10)37(12)39(14)41(16)43(18)45(20)47(22)49(24)51(26)50(25)48(23)46(21)44(19)42(17)40(15)38(13)36(11)34(9)32(7)30(5)28(2)3/h1-12,15-16,21,25,27,31H,13-14,17-20H2;1-10,16,19-20,22H,11-15H2;1-4H,5H2;3H2,1-2H3;2*1H4;1H;/q+1;;;;;;;-1/p-1/t21?,25-,27+,34?;19-,20+;;;;;;/m00....../s1. The molecular weight excluding hydrogens is 7580 g/mol. The molecular formula is C64H76Cl2I51N10O8-. The van der Waals surface area contributed by atoms with Crippen molar-refractivity contribution >= 4 is 714 Å². The van der Waals surface area contributed by atoms with Crippen molar-refractivity contribution in [3.8, 4) is 22.9 Å². The van der Waals surface area contributed by atoms with Crippen LogP contribution < -0.4 is 36.3 Å². The maximum absolute atomic E-state index is 13.6. The molecule has 4 aromatic carbocycles. The minimum Gasteiger partial charge on any atom is -1.00 e. The number of benzene rings is 4. The molecule has 2 N–H and O–H groups in total. The number of carbonyl (C=O) groups is 3. The fourth-order valence-electron chi connectivity index (χ4n) is 11.4. The molecule has 4 aromatic heterocycles. The number of halogens is 53. The van der Waals surface area contributed by atoms with E-state index in [4.69, 9.17) is 30.1 Å². The number of carbonyl (C=O) groups excluding carboxylic acids is 3. The maximum Gasteiger partial charge on any atom is 0.333 e. The van der Waals surface area contributed by atoms with Crippen LogP contribution in [0.5, 0.6) is 0 Å². The molecule has 0 spiro atoms. The molecule has 0 saturated carbocycles. The van der Waals surface area contributed by atoms with Crippen molar-refractivity contribution < 1.29 is 67.8 Å². The molecule has 135 heavy (non-hydrogen) atoms. The number of aromatic nitrogens is 6. The SMILES string of the molecule is C.C.CCOC(C)=O.ClCc1noc(-c2ccncc2)n1.I[I-]I(I)I(I)I(I)I(I)I(I)I(I)I(I)I(I)I(I)I(I)I(I)I(I)I(I)I(I)I(I)I(I)I(I)I(I)I(I)I(I)I(I)I(I)I(I)I(I)I.O=C(O[C@H]1CN2CCC1CC2)[C@H](Nc1ccccc1)c1ccccc1.O=C(O[C@H]1C[N+]2(Cc3noc(-c4ccncc4)n3)CCC1CC2)[C@H](Nc1ccccc1)c1ccccc1.[Cl-]. The van der Waals surface area contributed by atoms with Gasteiger partial charge in [0.1, 0.15) is 19.2 Å². The van der Waals surface area contributed by atoms with Crippen LogP contribution >= 0.6 is 685 Å². The third-order valence-corrected chi connectivity index (χ3v) is 3900. The Morgan fingerprint density at radius 1 is 0.452 bits per heavy atom. The molecule has 4 bridgehead atoms. The van der Waals surface area contributed by atoms with Gasteiger partial charge in [-0.1, -0.05) is 122 Å². The van der Waals surface area contributed by atoms with Gasteiger partial charge in [0.15, 0.2) is 24.0 Å². The van der Waals surface area contributed by atoms with Gasteiger partial charge in [-0.05, 0) is 98.4 Å². The summed E-state index contributed by atoms with van der Waals surface area (Å²) in [4.78, 5) is 55.4. The number of rotatable bonds is 40. The molecule has 0 radical (unpaired) electrons. The molecule has 0 unspecified atom stereocenters. The molecule has 6 aliphatic heterocycles. The Labute approximate surface area is 1150 Å². The van der Waals surface area contributed by atoms with E-state index >= 15 is 0 Å². The van der Waals surface area contributed by atoms with Gasteiger partial charge in [-0.2, -0.15) is 9.97 Å². The first kappa shape index (κ1) is 155. The fourth-order valence-corrected chi connectivity index (χ4v) is 9440.